The van der Waals surface area contributed by atoms with Crippen LogP contribution in [0, 0.1) is 0 Å². The lowest BCUT2D eigenvalue weighted by Gasteiger charge is -2.31. The van der Waals surface area contributed by atoms with Gasteiger partial charge < -0.3 is 19.0 Å². The maximum absolute atomic E-state index is 5.69. The van der Waals surface area contributed by atoms with Gasteiger partial charge in [0.05, 0.1) is 25.5 Å². The van der Waals surface area contributed by atoms with Gasteiger partial charge in [-0.1, -0.05) is 23.4 Å². The molecule has 2 aliphatic rings. The molecular weight excluding hydrogens is 282 g/mol. The van der Waals surface area contributed by atoms with Crippen LogP contribution in [0.2, 0.25) is 0 Å². The van der Waals surface area contributed by atoms with Gasteiger partial charge in [-0.25, -0.2) is 0 Å². The highest BCUT2D eigenvalue weighted by Crippen LogP contribution is 2.34. The van der Waals surface area contributed by atoms with Gasteiger partial charge in [-0.05, 0) is 25.0 Å². The van der Waals surface area contributed by atoms with Crippen LogP contribution < -0.4 is 4.74 Å². The van der Waals surface area contributed by atoms with Crippen molar-refractivity contribution < 1.29 is 19.0 Å². The van der Waals surface area contributed by atoms with E-state index in [1.54, 1.807) is 0 Å². The molecule has 1 aromatic rings. The van der Waals surface area contributed by atoms with E-state index in [2.05, 4.69) is 5.16 Å². The highest BCUT2D eigenvalue weighted by Gasteiger charge is 2.39. The molecule has 0 radical (unpaired) electrons. The summed E-state index contributed by atoms with van der Waals surface area (Å²) >= 11 is 0. The van der Waals surface area contributed by atoms with Crippen molar-refractivity contribution in [2.75, 3.05) is 26.4 Å². The van der Waals surface area contributed by atoms with Gasteiger partial charge in [-0.15, -0.1) is 0 Å². The van der Waals surface area contributed by atoms with E-state index in [1.165, 1.54) is 0 Å². The Bertz CT molecular complexity index is 471. The van der Waals surface area contributed by atoms with Crippen molar-refractivity contribution >= 4 is 5.71 Å². The minimum atomic E-state index is -0.331. The van der Waals surface area contributed by atoms with Crippen molar-refractivity contribution in [3.63, 3.8) is 0 Å². The van der Waals surface area contributed by atoms with Crippen LogP contribution in [0.25, 0.3) is 0 Å². The largest absolute Gasteiger partial charge is 0.493 e. The quantitative estimate of drug-likeness (QED) is 0.598. The van der Waals surface area contributed by atoms with Crippen LogP contribution in [0.15, 0.2) is 35.5 Å². The van der Waals surface area contributed by atoms with E-state index < -0.39 is 0 Å². The Morgan fingerprint density at radius 3 is 2.45 bits per heavy atom. The van der Waals surface area contributed by atoms with Gasteiger partial charge in [0.1, 0.15) is 12.4 Å². The van der Waals surface area contributed by atoms with Crippen LogP contribution >= 0.6 is 0 Å². The molecule has 5 nitrogen and oxygen atoms in total. The fourth-order valence-corrected chi connectivity index (χ4v) is 2.76. The number of nitrogens with zero attached hydrogens (tertiary/aromatic N) is 1. The van der Waals surface area contributed by atoms with Crippen LogP contribution in [0.4, 0.5) is 0 Å². The fourth-order valence-electron chi connectivity index (χ4n) is 2.76. The van der Waals surface area contributed by atoms with Crippen molar-refractivity contribution in [2.45, 2.75) is 37.9 Å². The molecule has 1 spiro atoms. The van der Waals surface area contributed by atoms with Crippen LogP contribution in [0.5, 0.6) is 5.75 Å². The van der Waals surface area contributed by atoms with Crippen molar-refractivity contribution in [3.05, 3.63) is 30.3 Å². The Kier molecular flexibility index (Phi) is 5.29. The van der Waals surface area contributed by atoms with Crippen molar-refractivity contribution in [3.8, 4) is 5.75 Å². The SMILES string of the molecule is c1ccc(OCCCON=C2CCC3(CC2)OCCO3)cc1. The molecule has 22 heavy (non-hydrogen) atoms. The molecule has 3 rings (SSSR count). The molecule has 0 bridgehead atoms. The molecule has 0 N–H and O–H groups in total. The first-order valence-electron chi connectivity index (χ1n) is 8.00. The second kappa shape index (κ2) is 7.61. The van der Waals surface area contributed by atoms with E-state index in [0.717, 1.165) is 43.6 Å². The van der Waals surface area contributed by atoms with Gasteiger partial charge in [-0.2, -0.15) is 0 Å². The van der Waals surface area contributed by atoms with E-state index in [9.17, 15) is 0 Å². The maximum Gasteiger partial charge on any atom is 0.169 e. The van der Waals surface area contributed by atoms with Gasteiger partial charge in [0.25, 0.3) is 0 Å². The molecule has 1 saturated carbocycles. The number of oxime groups is 1. The number of ether oxygens (including phenoxy) is 3. The molecule has 0 unspecified atom stereocenters. The minimum Gasteiger partial charge on any atom is -0.493 e. The lowest BCUT2D eigenvalue weighted by molar-refractivity contribution is -0.168. The predicted octanol–water partition coefficient (Wildman–Crippen LogP) is 3.15. The number of hydrogen-bond donors (Lipinski definition) is 0. The number of hydrogen-bond acceptors (Lipinski definition) is 5. The molecule has 0 atom stereocenters. The fraction of sp³-hybridized carbons (Fsp3) is 0.588. The Hall–Kier alpha value is -1.59. The van der Waals surface area contributed by atoms with Crippen molar-refractivity contribution in [1.29, 1.82) is 0 Å². The molecule has 5 heteroatoms. The smallest absolute Gasteiger partial charge is 0.169 e. The predicted molar refractivity (Wildman–Crippen MR) is 83.0 cm³/mol. The van der Waals surface area contributed by atoms with Gasteiger partial charge in [0, 0.05) is 19.3 Å². The molecule has 0 aromatic heterocycles. The van der Waals surface area contributed by atoms with Crippen molar-refractivity contribution in [2.24, 2.45) is 5.16 Å². The zero-order valence-electron chi connectivity index (χ0n) is 12.8. The zero-order valence-corrected chi connectivity index (χ0v) is 12.8. The Morgan fingerprint density at radius 1 is 1.00 bits per heavy atom. The third kappa shape index (κ3) is 4.21. The molecule has 1 saturated heterocycles. The van der Waals surface area contributed by atoms with E-state index >= 15 is 0 Å². The Morgan fingerprint density at radius 2 is 1.73 bits per heavy atom. The summed E-state index contributed by atoms with van der Waals surface area (Å²) in [6.07, 6.45) is 4.36. The third-order valence-electron chi connectivity index (χ3n) is 3.99. The minimum absolute atomic E-state index is 0.331. The first-order chi connectivity index (χ1) is 10.9. The second-order valence-electron chi connectivity index (χ2n) is 5.61. The van der Waals surface area contributed by atoms with E-state index in [1.807, 2.05) is 30.3 Å². The molecule has 1 aliphatic heterocycles. The lowest BCUT2D eigenvalue weighted by atomic mass is 9.92. The molecule has 120 valence electrons. The Balaban J connectivity index is 1.28. The summed E-state index contributed by atoms with van der Waals surface area (Å²) in [6, 6.07) is 9.80. The summed E-state index contributed by atoms with van der Waals surface area (Å²) in [5, 5.41) is 4.23. The first-order valence-corrected chi connectivity index (χ1v) is 8.00. The molecule has 1 heterocycles. The first kappa shape index (κ1) is 15.3. The van der Waals surface area contributed by atoms with Gasteiger partial charge in [-0.3, -0.25) is 0 Å². The van der Waals surface area contributed by atoms with Gasteiger partial charge in [0.2, 0.25) is 0 Å². The summed E-state index contributed by atoms with van der Waals surface area (Å²) in [6.45, 7) is 2.64. The lowest BCUT2D eigenvalue weighted by Crippen LogP contribution is -2.35. The van der Waals surface area contributed by atoms with E-state index in [4.69, 9.17) is 19.0 Å². The number of rotatable bonds is 6. The maximum atomic E-state index is 5.69. The Labute approximate surface area is 131 Å². The van der Waals surface area contributed by atoms with Gasteiger partial charge in [0.15, 0.2) is 5.79 Å². The molecule has 2 fully saturated rings. The standard InChI is InChI=1S/C17H23NO4/c1-2-5-16(6-3-1)19-11-4-12-22-18-15-7-9-17(10-8-15)20-13-14-21-17/h1-3,5-6H,4,7-14H2. The van der Waals surface area contributed by atoms with Crippen LogP contribution in [-0.4, -0.2) is 37.9 Å². The van der Waals surface area contributed by atoms with Crippen LogP contribution in [0.3, 0.4) is 0 Å². The highest BCUT2D eigenvalue weighted by molar-refractivity contribution is 5.84. The summed E-state index contributed by atoms with van der Waals surface area (Å²) in [7, 11) is 0. The summed E-state index contributed by atoms with van der Waals surface area (Å²) in [5.74, 6) is 0.561. The molecular formula is C17H23NO4. The number of para-hydroxylation sites is 1. The normalized spacial score (nSPS) is 20.1. The zero-order chi connectivity index (χ0) is 15.1. The summed E-state index contributed by atoms with van der Waals surface area (Å²) < 4.78 is 17.0. The van der Waals surface area contributed by atoms with E-state index in [0.29, 0.717) is 26.4 Å². The third-order valence-corrected chi connectivity index (χ3v) is 3.99. The topological polar surface area (TPSA) is 49.3 Å². The van der Waals surface area contributed by atoms with Crippen LogP contribution in [-0.2, 0) is 14.3 Å². The molecule has 1 aromatic carbocycles. The molecule has 0 amide bonds. The van der Waals surface area contributed by atoms with E-state index in [-0.39, 0.29) is 5.79 Å². The average molecular weight is 305 g/mol. The summed E-state index contributed by atoms with van der Waals surface area (Å²) in [5.41, 5.74) is 1.11. The van der Waals surface area contributed by atoms with Crippen LogP contribution in [0.1, 0.15) is 32.1 Å². The average Bonchev–Trinajstić information content (AvgIpc) is 3.02. The van der Waals surface area contributed by atoms with Gasteiger partial charge >= 0.3 is 0 Å². The highest BCUT2D eigenvalue weighted by atomic mass is 16.7. The molecule has 1 aliphatic carbocycles. The summed E-state index contributed by atoms with van der Waals surface area (Å²) in [4.78, 5) is 5.39. The second-order valence-corrected chi connectivity index (χ2v) is 5.61. The monoisotopic (exact) mass is 305 g/mol. The van der Waals surface area contributed by atoms with Crippen molar-refractivity contribution in [1.82, 2.24) is 0 Å². The number of benzene rings is 1.